The molecule has 0 saturated heterocycles. The van der Waals surface area contributed by atoms with Gasteiger partial charge in [0.05, 0.1) is 17.8 Å². The third-order valence-electron chi connectivity index (χ3n) is 2.09. The molecule has 0 fully saturated rings. The van der Waals surface area contributed by atoms with Crippen LogP contribution in [0.1, 0.15) is 11.1 Å². The molecule has 0 amide bonds. The monoisotopic (exact) mass is 284 g/mol. The molecule has 0 aliphatic carbocycles. The van der Waals surface area contributed by atoms with Crippen LogP contribution >= 0.6 is 27.5 Å². The van der Waals surface area contributed by atoms with Gasteiger partial charge in [-0.3, -0.25) is 4.68 Å². The summed E-state index contributed by atoms with van der Waals surface area (Å²) in [5, 5.41) is 4.96. The van der Waals surface area contributed by atoms with E-state index in [2.05, 4.69) is 21.0 Å². The Morgan fingerprint density at radius 3 is 2.87 bits per heavy atom. The number of nitrogens with zero attached hydrogens (tertiary/aromatic N) is 2. The number of hydrogen-bond acceptors (Lipinski definition) is 1. The van der Waals surface area contributed by atoms with Crippen LogP contribution in [0.5, 0.6) is 0 Å². The molecular formula is C11H10BrClN2. The van der Waals surface area contributed by atoms with E-state index in [1.165, 1.54) is 5.56 Å². The SMILES string of the molecule is Cc1cnn(Cc2ccc(Br)c(Cl)c2)c1. The molecule has 0 aliphatic heterocycles. The smallest absolute Gasteiger partial charge is 0.0660 e. The van der Waals surface area contributed by atoms with Crippen LogP contribution in [0.25, 0.3) is 0 Å². The minimum atomic E-state index is 0.733. The van der Waals surface area contributed by atoms with E-state index >= 15 is 0 Å². The van der Waals surface area contributed by atoms with Crippen molar-refractivity contribution in [2.75, 3.05) is 0 Å². The normalized spacial score (nSPS) is 10.6. The van der Waals surface area contributed by atoms with E-state index in [0.717, 1.165) is 21.6 Å². The fourth-order valence-electron chi connectivity index (χ4n) is 1.38. The van der Waals surface area contributed by atoms with Crippen molar-refractivity contribution < 1.29 is 0 Å². The van der Waals surface area contributed by atoms with Gasteiger partial charge in [0.25, 0.3) is 0 Å². The first kappa shape index (κ1) is 10.7. The predicted molar refractivity (Wildman–Crippen MR) is 65.2 cm³/mol. The maximum absolute atomic E-state index is 6.01. The van der Waals surface area contributed by atoms with E-state index in [9.17, 15) is 0 Å². The molecule has 1 aromatic heterocycles. The van der Waals surface area contributed by atoms with E-state index in [1.54, 1.807) is 0 Å². The zero-order valence-electron chi connectivity index (χ0n) is 8.24. The molecule has 1 heterocycles. The van der Waals surface area contributed by atoms with Gasteiger partial charge < -0.3 is 0 Å². The first-order chi connectivity index (χ1) is 7.15. The molecule has 0 bridgehead atoms. The molecule has 2 rings (SSSR count). The molecule has 0 atom stereocenters. The highest BCUT2D eigenvalue weighted by atomic mass is 79.9. The zero-order valence-corrected chi connectivity index (χ0v) is 10.6. The van der Waals surface area contributed by atoms with Crippen LogP contribution in [0, 0.1) is 6.92 Å². The Balaban J connectivity index is 2.21. The van der Waals surface area contributed by atoms with Gasteiger partial charge in [0, 0.05) is 10.7 Å². The lowest BCUT2D eigenvalue weighted by molar-refractivity contribution is 0.686. The van der Waals surface area contributed by atoms with Crippen molar-refractivity contribution in [1.29, 1.82) is 0 Å². The first-order valence-corrected chi connectivity index (χ1v) is 5.75. The number of aromatic nitrogens is 2. The Hall–Kier alpha value is -0.800. The number of rotatable bonds is 2. The highest BCUT2D eigenvalue weighted by Gasteiger charge is 2.00. The lowest BCUT2D eigenvalue weighted by atomic mass is 10.2. The van der Waals surface area contributed by atoms with Gasteiger partial charge in [0.1, 0.15) is 0 Å². The molecule has 0 aliphatic rings. The lowest BCUT2D eigenvalue weighted by Crippen LogP contribution is -1.99. The Bertz CT molecular complexity index is 479. The Morgan fingerprint density at radius 2 is 2.27 bits per heavy atom. The second-order valence-corrected chi connectivity index (χ2v) is 4.73. The zero-order chi connectivity index (χ0) is 10.8. The summed E-state index contributed by atoms with van der Waals surface area (Å²) in [5.41, 5.74) is 2.31. The van der Waals surface area contributed by atoms with Crippen LogP contribution in [-0.2, 0) is 6.54 Å². The van der Waals surface area contributed by atoms with E-state index in [1.807, 2.05) is 42.2 Å². The number of hydrogen-bond donors (Lipinski definition) is 0. The molecular weight excluding hydrogens is 275 g/mol. The summed E-state index contributed by atoms with van der Waals surface area (Å²) in [6, 6.07) is 5.93. The molecule has 0 saturated carbocycles. The summed E-state index contributed by atoms with van der Waals surface area (Å²) in [6.07, 6.45) is 3.86. The summed E-state index contributed by atoms with van der Waals surface area (Å²) in [7, 11) is 0. The van der Waals surface area contributed by atoms with Crippen LogP contribution in [0.4, 0.5) is 0 Å². The van der Waals surface area contributed by atoms with Crippen molar-refractivity contribution in [3.8, 4) is 0 Å². The van der Waals surface area contributed by atoms with E-state index < -0.39 is 0 Å². The molecule has 15 heavy (non-hydrogen) atoms. The number of benzene rings is 1. The summed E-state index contributed by atoms with van der Waals surface area (Å²) < 4.78 is 2.82. The average Bonchev–Trinajstić information content (AvgIpc) is 2.58. The largest absolute Gasteiger partial charge is 0.268 e. The third kappa shape index (κ3) is 2.61. The molecule has 0 spiro atoms. The highest BCUT2D eigenvalue weighted by Crippen LogP contribution is 2.23. The minimum absolute atomic E-state index is 0.733. The molecule has 2 nitrogen and oxygen atoms in total. The Labute approximate surface area is 102 Å². The lowest BCUT2D eigenvalue weighted by Gasteiger charge is -2.03. The Morgan fingerprint density at radius 1 is 1.47 bits per heavy atom. The molecule has 0 N–H and O–H groups in total. The third-order valence-corrected chi connectivity index (χ3v) is 3.32. The van der Waals surface area contributed by atoms with Gasteiger partial charge in [0.2, 0.25) is 0 Å². The van der Waals surface area contributed by atoms with Crippen molar-refractivity contribution in [3.05, 3.63) is 51.2 Å². The van der Waals surface area contributed by atoms with E-state index in [0.29, 0.717) is 0 Å². The molecule has 1 aromatic carbocycles. The average molecular weight is 286 g/mol. The summed E-state index contributed by atoms with van der Waals surface area (Å²) in [5.74, 6) is 0. The van der Waals surface area contributed by atoms with Crippen molar-refractivity contribution in [2.45, 2.75) is 13.5 Å². The highest BCUT2D eigenvalue weighted by molar-refractivity contribution is 9.10. The summed E-state index contributed by atoms with van der Waals surface area (Å²) >= 11 is 9.37. The van der Waals surface area contributed by atoms with Gasteiger partial charge in [-0.1, -0.05) is 17.7 Å². The number of aryl methyl sites for hydroxylation is 1. The van der Waals surface area contributed by atoms with Crippen LogP contribution in [0.2, 0.25) is 5.02 Å². The van der Waals surface area contributed by atoms with Crippen LogP contribution in [0.15, 0.2) is 35.1 Å². The Kier molecular flexibility index (Phi) is 3.12. The van der Waals surface area contributed by atoms with E-state index in [4.69, 9.17) is 11.6 Å². The van der Waals surface area contributed by atoms with Gasteiger partial charge in [-0.15, -0.1) is 0 Å². The van der Waals surface area contributed by atoms with Crippen LogP contribution in [-0.4, -0.2) is 9.78 Å². The molecule has 2 aromatic rings. The maximum atomic E-state index is 6.01. The predicted octanol–water partition coefficient (Wildman–Crippen LogP) is 3.66. The van der Waals surface area contributed by atoms with Gasteiger partial charge in [-0.25, -0.2) is 0 Å². The second kappa shape index (κ2) is 4.37. The minimum Gasteiger partial charge on any atom is -0.268 e. The molecule has 0 radical (unpaired) electrons. The van der Waals surface area contributed by atoms with Gasteiger partial charge >= 0.3 is 0 Å². The van der Waals surface area contributed by atoms with E-state index in [-0.39, 0.29) is 0 Å². The quantitative estimate of drug-likeness (QED) is 0.823. The fourth-order valence-corrected chi connectivity index (χ4v) is 1.83. The van der Waals surface area contributed by atoms with Crippen molar-refractivity contribution in [2.24, 2.45) is 0 Å². The van der Waals surface area contributed by atoms with Crippen molar-refractivity contribution in [3.63, 3.8) is 0 Å². The maximum Gasteiger partial charge on any atom is 0.0660 e. The fraction of sp³-hybridized carbons (Fsp3) is 0.182. The van der Waals surface area contributed by atoms with Gasteiger partial charge in [0.15, 0.2) is 0 Å². The second-order valence-electron chi connectivity index (χ2n) is 3.46. The van der Waals surface area contributed by atoms with Gasteiger partial charge in [-0.05, 0) is 46.1 Å². The summed E-state index contributed by atoms with van der Waals surface area (Å²) in [4.78, 5) is 0. The molecule has 4 heteroatoms. The van der Waals surface area contributed by atoms with Crippen molar-refractivity contribution >= 4 is 27.5 Å². The molecule has 0 unspecified atom stereocenters. The van der Waals surface area contributed by atoms with Crippen molar-refractivity contribution in [1.82, 2.24) is 9.78 Å². The standard InChI is InChI=1S/C11H10BrClN2/c1-8-5-14-15(6-8)7-9-2-3-10(12)11(13)4-9/h2-6H,7H2,1H3. The topological polar surface area (TPSA) is 17.8 Å². The van der Waals surface area contributed by atoms with Crippen LogP contribution in [0.3, 0.4) is 0 Å². The van der Waals surface area contributed by atoms with Gasteiger partial charge in [-0.2, -0.15) is 5.10 Å². The molecule has 78 valence electrons. The van der Waals surface area contributed by atoms with Crippen LogP contribution < -0.4 is 0 Å². The first-order valence-electron chi connectivity index (χ1n) is 4.58. The number of halogens is 2. The summed E-state index contributed by atoms with van der Waals surface area (Å²) in [6.45, 7) is 2.78.